The second kappa shape index (κ2) is 61.8. The topological polar surface area (TPSA) is 108 Å². The number of aliphatic hydroxyl groups is 1. The van der Waals surface area contributed by atoms with Gasteiger partial charge in [0.1, 0.15) is 13.2 Å². The fourth-order valence-electron chi connectivity index (χ4n) is 11.2. The van der Waals surface area contributed by atoms with Crippen LogP contribution in [0.1, 0.15) is 380 Å². The van der Waals surface area contributed by atoms with Crippen molar-refractivity contribution in [2.24, 2.45) is 0 Å². The third-order valence-electron chi connectivity index (χ3n) is 16.7. The lowest BCUT2D eigenvalue weighted by atomic mass is 10.0. The van der Waals surface area contributed by atoms with Gasteiger partial charge in [-0.3, -0.25) is 9.36 Å². The molecule has 2 N–H and O–H groups in total. The van der Waals surface area contributed by atoms with Gasteiger partial charge in [-0.15, -0.1) is 0 Å². The van der Waals surface area contributed by atoms with Crippen molar-refractivity contribution in [2.75, 3.05) is 40.9 Å². The average molecular weight is 1140 g/mol. The molecule has 3 atom stereocenters. The molecule has 1 amide bonds. The number of quaternary nitrogens is 1. The average Bonchev–Trinajstić information content (AvgIpc) is 3.42. The van der Waals surface area contributed by atoms with E-state index in [9.17, 15) is 19.4 Å². The maximum Gasteiger partial charge on any atom is 0.268 e. The van der Waals surface area contributed by atoms with E-state index in [4.69, 9.17) is 9.05 Å². The maximum atomic E-state index is 13.0. The Bertz CT molecular complexity index is 1290. The molecule has 0 aromatic carbocycles. The lowest BCUT2D eigenvalue weighted by Gasteiger charge is -2.29. The number of hydrogen-bond acceptors (Lipinski definition) is 6. The molecule has 0 bridgehead atoms. The first kappa shape index (κ1) is 78.2. The van der Waals surface area contributed by atoms with Crippen molar-refractivity contribution in [3.8, 4) is 0 Å². The molecule has 0 aliphatic heterocycles. The van der Waals surface area contributed by atoms with Crippen molar-refractivity contribution in [3.05, 3.63) is 12.2 Å². The summed E-state index contributed by atoms with van der Waals surface area (Å²) >= 11 is 0. The maximum absolute atomic E-state index is 13.0. The molecule has 0 aromatic rings. The molecule has 0 radical (unpaired) electrons. The van der Waals surface area contributed by atoms with E-state index in [1.165, 1.54) is 321 Å². The van der Waals surface area contributed by atoms with Gasteiger partial charge in [0.05, 0.1) is 39.9 Å². The molecule has 0 aromatic heterocycles. The number of carbonyl (C=O) groups is 1. The van der Waals surface area contributed by atoms with Gasteiger partial charge in [0, 0.05) is 6.42 Å². The molecule has 9 heteroatoms. The summed E-state index contributed by atoms with van der Waals surface area (Å²) < 4.78 is 23.5. The monoisotopic (exact) mass is 1140 g/mol. The molecule has 0 aliphatic carbocycles. The molecule has 0 saturated carbocycles. The van der Waals surface area contributed by atoms with Crippen LogP contribution >= 0.6 is 7.82 Å². The van der Waals surface area contributed by atoms with Crippen LogP contribution in [-0.2, 0) is 18.4 Å². The minimum absolute atomic E-state index is 0.00304. The summed E-state index contributed by atoms with van der Waals surface area (Å²) in [4.78, 5) is 25.6. The summed E-state index contributed by atoms with van der Waals surface area (Å²) in [5.74, 6) is -0.187. The lowest BCUT2D eigenvalue weighted by Crippen LogP contribution is -2.45. The molecule has 8 nitrogen and oxygen atoms in total. The Labute approximate surface area is 494 Å². The Kier molecular flexibility index (Phi) is 61.2. The first-order chi connectivity index (χ1) is 38.5. The Hall–Kier alpha value is -0.760. The van der Waals surface area contributed by atoms with Crippen LogP contribution in [-0.4, -0.2) is 68.5 Å². The zero-order chi connectivity index (χ0) is 57.7. The molecular formula is C70H141N2O6P. The molecule has 0 saturated heterocycles. The van der Waals surface area contributed by atoms with E-state index in [0.29, 0.717) is 17.4 Å². The van der Waals surface area contributed by atoms with Crippen LogP contribution < -0.4 is 10.2 Å². The van der Waals surface area contributed by atoms with Crippen LogP contribution in [0.2, 0.25) is 0 Å². The Morgan fingerprint density at radius 1 is 0.430 bits per heavy atom. The van der Waals surface area contributed by atoms with E-state index in [1.807, 2.05) is 27.2 Å². The Balaban J connectivity index is 4.02. The van der Waals surface area contributed by atoms with E-state index in [-0.39, 0.29) is 19.1 Å². The highest BCUT2D eigenvalue weighted by Gasteiger charge is 2.23. The highest BCUT2D eigenvalue weighted by Crippen LogP contribution is 2.38. The van der Waals surface area contributed by atoms with Gasteiger partial charge in [-0.2, -0.15) is 0 Å². The van der Waals surface area contributed by atoms with Crippen LogP contribution in [0.5, 0.6) is 0 Å². The number of nitrogens with one attached hydrogen (secondary N) is 1. The number of nitrogens with zero attached hydrogens (tertiary/aromatic N) is 1. The van der Waals surface area contributed by atoms with Gasteiger partial charge in [-0.05, 0) is 19.3 Å². The lowest BCUT2D eigenvalue weighted by molar-refractivity contribution is -0.870. The van der Waals surface area contributed by atoms with Crippen LogP contribution in [0, 0.1) is 0 Å². The highest BCUT2D eigenvalue weighted by atomic mass is 31.2. The number of unbranched alkanes of at least 4 members (excludes halogenated alkanes) is 54. The smallest absolute Gasteiger partial charge is 0.268 e. The number of phosphoric acid groups is 1. The van der Waals surface area contributed by atoms with Crippen molar-refractivity contribution in [1.29, 1.82) is 0 Å². The normalized spacial score (nSPS) is 13.7. The van der Waals surface area contributed by atoms with Gasteiger partial charge in [-0.1, -0.05) is 366 Å². The molecule has 3 unspecified atom stereocenters. The number of aliphatic hydroxyl groups excluding tert-OH is 1. The first-order valence-electron chi connectivity index (χ1n) is 35.6. The van der Waals surface area contributed by atoms with Crippen LogP contribution in [0.25, 0.3) is 0 Å². The van der Waals surface area contributed by atoms with E-state index >= 15 is 0 Å². The minimum Gasteiger partial charge on any atom is -0.756 e. The summed E-state index contributed by atoms with van der Waals surface area (Å²) in [6, 6.07) is -0.884. The second-order valence-electron chi connectivity index (χ2n) is 26.0. The number of rotatable bonds is 67. The fraction of sp³-hybridized carbons (Fsp3) is 0.957. The van der Waals surface area contributed by atoms with Gasteiger partial charge >= 0.3 is 0 Å². The van der Waals surface area contributed by atoms with Crippen molar-refractivity contribution >= 4 is 13.7 Å². The molecule has 0 rings (SSSR count). The minimum atomic E-state index is -4.60. The van der Waals surface area contributed by atoms with E-state index in [0.717, 1.165) is 38.5 Å². The summed E-state index contributed by atoms with van der Waals surface area (Å²) in [5, 5.41) is 14.0. The molecule has 472 valence electrons. The third kappa shape index (κ3) is 64.7. The summed E-state index contributed by atoms with van der Waals surface area (Å²) in [7, 11) is 1.29. The molecule has 0 aliphatic rings. The van der Waals surface area contributed by atoms with E-state index in [1.54, 1.807) is 6.08 Å². The van der Waals surface area contributed by atoms with Gasteiger partial charge < -0.3 is 28.8 Å². The number of allylic oxidation sites excluding steroid dienone is 1. The number of phosphoric ester groups is 1. The zero-order valence-corrected chi connectivity index (χ0v) is 55.0. The number of likely N-dealkylation sites (N-methyl/N-ethyl adjacent to an activating group) is 1. The molecule has 79 heavy (non-hydrogen) atoms. The van der Waals surface area contributed by atoms with Crippen molar-refractivity contribution in [1.82, 2.24) is 5.32 Å². The number of amides is 1. The van der Waals surface area contributed by atoms with Crippen molar-refractivity contribution < 1.29 is 32.9 Å². The SMILES string of the molecule is CCCCCCCCCCCCCCCCCCCCCCCCCCCCC/C=C/C(O)C(COP(=O)([O-])OCC[N+](C)(C)C)NC(=O)CCCCCCCCCCCCCCCCCCCCCCCCCCCCCC. The highest BCUT2D eigenvalue weighted by molar-refractivity contribution is 7.45. The molecule has 0 heterocycles. The summed E-state index contributed by atoms with van der Waals surface area (Å²) in [5.41, 5.74) is 0. The van der Waals surface area contributed by atoms with Crippen LogP contribution in [0.4, 0.5) is 0 Å². The molecular weight excluding hydrogens is 996 g/mol. The van der Waals surface area contributed by atoms with Crippen molar-refractivity contribution in [3.63, 3.8) is 0 Å². The predicted octanol–water partition coefficient (Wildman–Crippen LogP) is 21.9. The summed E-state index contributed by atoms with van der Waals surface area (Å²) in [6.07, 6.45) is 79.1. The third-order valence-corrected chi connectivity index (χ3v) is 17.7. The second-order valence-corrected chi connectivity index (χ2v) is 27.4. The van der Waals surface area contributed by atoms with E-state index in [2.05, 4.69) is 19.2 Å². The van der Waals surface area contributed by atoms with Gasteiger partial charge in [0.2, 0.25) is 5.91 Å². The van der Waals surface area contributed by atoms with Gasteiger partial charge in [0.25, 0.3) is 7.82 Å². The number of hydrogen-bond donors (Lipinski definition) is 2. The van der Waals surface area contributed by atoms with Gasteiger partial charge in [-0.25, -0.2) is 0 Å². The van der Waals surface area contributed by atoms with E-state index < -0.39 is 20.0 Å². The first-order valence-corrected chi connectivity index (χ1v) is 37.0. The van der Waals surface area contributed by atoms with Crippen LogP contribution in [0.3, 0.4) is 0 Å². The quantitative estimate of drug-likeness (QED) is 0.0272. The molecule has 0 fully saturated rings. The fourth-order valence-corrected chi connectivity index (χ4v) is 11.9. The predicted molar refractivity (Wildman–Crippen MR) is 344 cm³/mol. The number of carbonyl (C=O) groups excluding carboxylic acids is 1. The molecule has 0 spiro atoms. The zero-order valence-electron chi connectivity index (χ0n) is 54.1. The van der Waals surface area contributed by atoms with Crippen molar-refractivity contribution in [2.45, 2.75) is 392 Å². The Morgan fingerprint density at radius 2 is 0.684 bits per heavy atom. The van der Waals surface area contributed by atoms with Crippen LogP contribution in [0.15, 0.2) is 12.2 Å². The largest absolute Gasteiger partial charge is 0.756 e. The standard InChI is InChI=1S/C70H141N2O6P/c1-6-8-10-12-14-16-18-20-22-24-26-28-30-32-34-36-37-39-41-43-45-47-49-51-53-55-57-59-61-63-69(73)68(67-78-79(75,76)77-66-65-72(3,4)5)71-70(74)64-62-60-58-56-54-52-50-48-46-44-42-40-38-35-33-31-29-27-25-23-21-19-17-15-13-11-9-7-2/h61,63,68-69,73H,6-60,62,64-67H2,1-5H3,(H-,71,74,75,76)/b63-61+. The van der Waals surface area contributed by atoms with Gasteiger partial charge in [0.15, 0.2) is 0 Å². The Morgan fingerprint density at radius 3 is 0.949 bits per heavy atom. The summed E-state index contributed by atoms with van der Waals surface area (Å²) in [6.45, 7) is 4.73.